The van der Waals surface area contributed by atoms with Crippen LogP contribution < -0.4 is 5.32 Å². The van der Waals surface area contributed by atoms with E-state index in [0.29, 0.717) is 26.3 Å². The molecule has 2 N–H and O–H groups in total. The predicted molar refractivity (Wildman–Crippen MR) is 71.8 cm³/mol. The Morgan fingerprint density at radius 1 is 1.32 bits per heavy atom. The van der Waals surface area contributed by atoms with Crippen LogP contribution in [0.25, 0.3) is 0 Å². The van der Waals surface area contributed by atoms with Crippen LogP contribution in [0.1, 0.15) is 5.56 Å². The fourth-order valence-electron chi connectivity index (χ4n) is 1.75. The van der Waals surface area contributed by atoms with Gasteiger partial charge in [-0.05, 0) is 24.3 Å². The van der Waals surface area contributed by atoms with Gasteiger partial charge in [0.05, 0.1) is 13.2 Å². The molecule has 100 valence electrons. The average molecular weight is 260 g/mol. The number of rotatable bonds is 1. The number of hydrogen-bond acceptors (Lipinski definition) is 3. The lowest BCUT2D eigenvalue weighted by molar-refractivity contribution is 0.0564. The number of urea groups is 1. The van der Waals surface area contributed by atoms with E-state index in [-0.39, 0.29) is 12.6 Å². The lowest BCUT2D eigenvalue weighted by atomic mass is 10.2. The van der Waals surface area contributed by atoms with Crippen LogP contribution in [0, 0.1) is 11.8 Å². The van der Waals surface area contributed by atoms with Gasteiger partial charge in [-0.1, -0.05) is 11.8 Å². The molecule has 0 saturated carbocycles. The number of benzene rings is 1. The van der Waals surface area contributed by atoms with Crippen molar-refractivity contribution >= 4 is 11.7 Å². The summed E-state index contributed by atoms with van der Waals surface area (Å²) in [6, 6.07) is 7.08. The highest BCUT2D eigenvalue weighted by molar-refractivity contribution is 5.89. The summed E-state index contributed by atoms with van der Waals surface area (Å²) in [6.45, 7) is 2.25. The summed E-state index contributed by atoms with van der Waals surface area (Å²) in [5, 5.41) is 11.4. The molecule has 2 amide bonds. The van der Waals surface area contributed by atoms with Crippen LogP contribution in [0.3, 0.4) is 0 Å². The lowest BCUT2D eigenvalue weighted by Gasteiger charge is -2.26. The molecule has 5 heteroatoms. The highest BCUT2D eigenvalue weighted by atomic mass is 16.5. The molecule has 0 aromatic heterocycles. The first kappa shape index (κ1) is 13.4. The fourth-order valence-corrected chi connectivity index (χ4v) is 1.75. The molecule has 0 aliphatic carbocycles. The molecule has 0 radical (unpaired) electrons. The third-order valence-electron chi connectivity index (χ3n) is 2.75. The van der Waals surface area contributed by atoms with Gasteiger partial charge in [0.1, 0.15) is 6.61 Å². The molecular weight excluding hydrogens is 244 g/mol. The van der Waals surface area contributed by atoms with Crippen molar-refractivity contribution in [2.75, 3.05) is 38.2 Å². The number of amides is 2. The van der Waals surface area contributed by atoms with Gasteiger partial charge >= 0.3 is 6.03 Å². The SMILES string of the molecule is O=C(Nc1ccc(C#CCO)cc1)N1CCOCC1. The van der Waals surface area contributed by atoms with E-state index in [1.165, 1.54) is 0 Å². The topological polar surface area (TPSA) is 61.8 Å². The third-order valence-corrected chi connectivity index (χ3v) is 2.75. The van der Waals surface area contributed by atoms with E-state index in [4.69, 9.17) is 9.84 Å². The number of nitrogens with one attached hydrogen (secondary N) is 1. The second-order valence-corrected chi connectivity index (χ2v) is 4.07. The average Bonchev–Trinajstić information content (AvgIpc) is 2.47. The molecule has 1 aromatic carbocycles. The molecular formula is C14H16N2O3. The second kappa shape index (κ2) is 6.78. The molecule has 1 aliphatic rings. The molecule has 1 aliphatic heterocycles. The smallest absolute Gasteiger partial charge is 0.321 e. The summed E-state index contributed by atoms with van der Waals surface area (Å²) in [4.78, 5) is 13.6. The molecule has 1 aromatic rings. The summed E-state index contributed by atoms with van der Waals surface area (Å²) in [5.74, 6) is 5.37. The van der Waals surface area contributed by atoms with Gasteiger partial charge in [0.15, 0.2) is 0 Å². The van der Waals surface area contributed by atoms with E-state index < -0.39 is 0 Å². The highest BCUT2D eigenvalue weighted by Crippen LogP contribution is 2.10. The van der Waals surface area contributed by atoms with Crippen molar-refractivity contribution in [1.82, 2.24) is 4.90 Å². The van der Waals surface area contributed by atoms with Crippen molar-refractivity contribution in [2.24, 2.45) is 0 Å². The van der Waals surface area contributed by atoms with Crippen LogP contribution in [0.5, 0.6) is 0 Å². The van der Waals surface area contributed by atoms with Crippen molar-refractivity contribution in [2.45, 2.75) is 0 Å². The molecule has 5 nitrogen and oxygen atoms in total. The van der Waals surface area contributed by atoms with Crippen molar-refractivity contribution in [3.63, 3.8) is 0 Å². The minimum Gasteiger partial charge on any atom is -0.384 e. The predicted octanol–water partition coefficient (Wildman–Crippen LogP) is 0.895. The Morgan fingerprint density at radius 2 is 2.00 bits per heavy atom. The monoisotopic (exact) mass is 260 g/mol. The normalized spacial score (nSPS) is 14.5. The molecule has 19 heavy (non-hydrogen) atoms. The summed E-state index contributed by atoms with van der Waals surface area (Å²) in [7, 11) is 0. The van der Waals surface area contributed by atoms with E-state index in [0.717, 1.165) is 11.3 Å². The van der Waals surface area contributed by atoms with Gasteiger partial charge in [-0.3, -0.25) is 0 Å². The van der Waals surface area contributed by atoms with Crippen molar-refractivity contribution in [1.29, 1.82) is 0 Å². The van der Waals surface area contributed by atoms with Gasteiger partial charge in [-0.15, -0.1) is 0 Å². The van der Waals surface area contributed by atoms with Crippen molar-refractivity contribution < 1.29 is 14.6 Å². The summed E-state index contributed by atoms with van der Waals surface area (Å²) in [6.07, 6.45) is 0. The molecule has 0 spiro atoms. The van der Waals surface area contributed by atoms with Crippen LogP contribution in [-0.4, -0.2) is 48.9 Å². The minimum atomic E-state index is -0.157. The van der Waals surface area contributed by atoms with Crippen LogP contribution in [0.15, 0.2) is 24.3 Å². The number of hydrogen-bond donors (Lipinski definition) is 2. The number of anilines is 1. The number of ether oxygens (including phenoxy) is 1. The molecule has 1 fully saturated rings. The van der Waals surface area contributed by atoms with Crippen LogP contribution in [0.2, 0.25) is 0 Å². The maximum absolute atomic E-state index is 11.9. The van der Waals surface area contributed by atoms with Crippen LogP contribution in [-0.2, 0) is 4.74 Å². The molecule has 0 bridgehead atoms. The fraction of sp³-hybridized carbons (Fsp3) is 0.357. The summed E-state index contributed by atoms with van der Waals surface area (Å²) < 4.78 is 5.20. The maximum Gasteiger partial charge on any atom is 0.321 e. The van der Waals surface area contributed by atoms with Gasteiger partial charge in [-0.25, -0.2) is 4.79 Å². The Bertz CT molecular complexity index is 482. The zero-order valence-electron chi connectivity index (χ0n) is 10.6. The Balaban J connectivity index is 1.93. The van der Waals surface area contributed by atoms with Gasteiger partial charge in [0.25, 0.3) is 0 Å². The Labute approximate surface area is 112 Å². The zero-order valence-corrected chi connectivity index (χ0v) is 10.6. The number of carbonyl (C=O) groups excluding carboxylic acids is 1. The van der Waals surface area contributed by atoms with Gasteiger partial charge in [0, 0.05) is 24.3 Å². The summed E-state index contributed by atoms with van der Waals surface area (Å²) in [5.41, 5.74) is 1.53. The first-order chi connectivity index (χ1) is 9.29. The molecule has 1 saturated heterocycles. The van der Waals surface area contributed by atoms with E-state index in [2.05, 4.69) is 17.2 Å². The minimum absolute atomic E-state index is 0.113. The van der Waals surface area contributed by atoms with E-state index in [1.807, 2.05) is 0 Å². The number of aliphatic hydroxyl groups is 1. The first-order valence-electron chi connectivity index (χ1n) is 6.13. The van der Waals surface area contributed by atoms with Gasteiger partial charge in [-0.2, -0.15) is 0 Å². The molecule has 0 atom stereocenters. The Hall–Kier alpha value is -2.03. The quantitative estimate of drug-likeness (QED) is 0.737. The molecule has 2 rings (SSSR count). The highest BCUT2D eigenvalue weighted by Gasteiger charge is 2.16. The van der Waals surface area contributed by atoms with Gasteiger partial charge in [0.2, 0.25) is 0 Å². The van der Waals surface area contributed by atoms with Gasteiger partial charge < -0.3 is 20.1 Å². The largest absolute Gasteiger partial charge is 0.384 e. The Morgan fingerprint density at radius 3 is 2.63 bits per heavy atom. The zero-order chi connectivity index (χ0) is 13.5. The maximum atomic E-state index is 11.9. The molecule has 1 heterocycles. The Kier molecular flexibility index (Phi) is 4.78. The third kappa shape index (κ3) is 3.98. The van der Waals surface area contributed by atoms with E-state index in [1.54, 1.807) is 29.2 Å². The van der Waals surface area contributed by atoms with E-state index in [9.17, 15) is 4.79 Å². The van der Waals surface area contributed by atoms with Crippen molar-refractivity contribution in [3.05, 3.63) is 29.8 Å². The molecule has 0 unspecified atom stereocenters. The van der Waals surface area contributed by atoms with E-state index >= 15 is 0 Å². The standard InChI is InChI=1S/C14H16N2O3/c17-9-1-2-12-3-5-13(6-4-12)15-14(18)16-7-10-19-11-8-16/h3-6,17H,7-11H2,(H,15,18). The number of morpholine rings is 1. The second-order valence-electron chi connectivity index (χ2n) is 4.07. The first-order valence-corrected chi connectivity index (χ1v) is 6.13. The van der Waals surface area contributed by atoms with Crippen LogP contribution >= 0.6 is 0 Å². The lowest BCUT2D eigenvalue weighted by Crippen LogP contribution is -2.43. The number of aliphatic hydroxyl groups excluding tert-OH is 1. The number of carbonyl (C=O) groups is 1. The number of nitrogens with zero attached hydrogens (tertiary/aromatic N) is 1. The van der Waals surface area contributed by atoms with Crippen molar-refractivity contribution in [3.8, 4) is 11.8 Å². The summed E-state index contributed by atoms with van der Waals surface area (Å²) >= 11 is 0. The van der Waals surface area contributed by atoms with Crippen LogP contribution in [0.4, 0.5) is 10.5 Å².